The number of hydrogen-bond acceptors (Lipinski definition) is 2. The highest BCUT2D eigenvalue weighted by molar-refractivity contribution is 5.32. The molecule has 0 aliphatic carbocycles. The molecule has 15 heavy (non-hydrogen) atoms. The van der Waals surface area contributed by atoms with Crippen LogP contribution in [0.4, 0.5) is 4.39 Å². The molecule has 0 amide bonds. The van der Waals surface area contributed by atoms with Crippen molar-refractivity contribution in [3.63, 3.8) is 0 Å². The van der Waals surface area contributed by atoms with Gasteiger partial charge in [0.2, 0.25) is 0 Å². The van der Waals surface area contributed by atoms with E-state index in [1.807, 2.05) is 6.07 Å². The number of hydrogen-bond donors (Lipinski definition) is 1. The van der Waals surface area contributed by atoms with Crippen LogP contribution in [0.2, 0.25) is 0 Å². The zero-order valence-electron chi connectivity index (χ0n) is 9.09. The first-order chi connectivity index (χ1) is 7.22. The Bertz CT molecular complexity index is 353. The number of benzene rings is 1. The topological polar surface area (TPSA) is 21.3 Å². The lowest BCUT2D eigenvalue weighted by atomic mass is 9.93. The molecule has 0 saturated carbocycles. The van der Waals surface area contributed by atoms with Gasteiger partial charge in [-0.05, 0) is 37.6 Å². The van der Waals surface area contributed by atoms with Crippen molar-refractivity contribution < 1.29 is 9.13 Å². The average molecular weight is 209 g/mol. The van der Waals surface area contributed by atoms with E-state index in [2.05, 4.69) is 12.2 Å². The Hall–Kier alpha value is -1.09. The maximum absolute atomic E-state index is 13.5. The van der Waals surface area contributed by atoms with E-state index in [0.29, 0.717) is 17.7 Å². The molecule has 1 aromatic rings. The minimum Gasteiger partial charge on any atom is -0.494 e. The summed E-state index contributed by atoms with van der Waals surface area (Å²) in [6.45, 7) is 3.15. The Morgan fingerprint density at radius 3 is 2.80 bits per heavy atom. The van der Waals surface area contributed by atoms with Crippen LogP contribution in [0.5, 0.6) is 5.75 Å². The van der Waals surface area contributed by atoms with E-state index >= 15 is 0 Å². The highest BCUT2D eigenvalue weighted by Crippen LogP contribution is 2.30. The Balaban J connectivity index is 2.25. The molecule has 1 aliphatic rings. The molecule has 0 spiro atoms. The summed E-state index contributed by atoms with van der Waals surface area (Å²) in [5, 5.41) is 3.36. The molecule has 2 nitrogen and oxygen atoms in total. The number of nitrogens with one attached hydrogen (secondary N) is 1. The van der Waals surface area contributed by atoms with Crippen molar-refractivity contribution in [1.82, 2.24) is 5.32 Å². The predicted molar refractivity (Wildman–Crippen MR) is 57.8 cm³/mol. The van der Waals surface area contributed by atoms with Gasteiger partial charge in [0.1, 0.15) is 0 Å². The largest absolute Gasteiger partial charge is 0.494 e. The minimum atomic E-state index is -0.269. The van der Waals surface area contributed by atoms with Gasteiger partial charge in [-0.25, -0.2) is 4.39 Å². The predicted octanol–water partition coefficient (Wildman–Crippen LogP) is 2.30. The molecule has 1 fully saturated rings. The highest BCUT2D eigenvalue weighted by atomic mass is 19.1. The first-order valence-electron chi connectivity index (χ1n) is 5.29. The van der Waals surface area contributed by atoms with E-state index < -0.39 is 0 Å². The van der Waals surface area contributed by atoms with Gasteiger partial charge in [-0.3, -0.25) is 0 Å². The fourth-order valence-corrected chi connectivity index (χ4v) is 2.23. The average Bonchev–Trinajstić information content (AvgIpc) is 2.64. The summed E-state index contributed by atoms with van der Waals surface area (Å²) in [4.78, 5) is 0. The highest BCUT2D eigenvalue weighted by Gasteiger charge is 2.24. The van der Waals surface area contributed by atoms with Gasteiger partial charge in [-0.2, -0.15) is 0 Å². The molecule has 2 atom stereocenters. The summed E-state index contributed by atoms with van der Waals surface area (Å²) in [5.74, 6) is 0.469. The SMILES string of the molecule is COc1ccc(C2CCNC2C)cc1F. The maximum atomic E-state index is 13.5. The summed E-state index contributed by atoms with van der Waals surface area (Å²) in [6, 6.07) is 5.68. The molecule has 0 aromatic heterocycles. The first kappa shape index (κ1) is 10.4. The van der Waals surface area contributed by atoms with Gasteiger partial charge in [0.25, 0.3) is 0 Å². The third kappa shape index (κ3) is 1.97. The third-order valence-corrected chi connectivity index (χ3v) is 3.13. The van der Waals surface area contributed by atoms with Crippen LogP contribution < -0.4 is 10.1 Å². The van der Waals surface area contributed by atoms with E-state index in [1.54, 1.807) is 12.1 Å². The molecule has 1 N–H and O–H groups in total. The number of ether oxygens (including phenoxy) is 1. The number of methoxy groups -OCH3 is 1. The molecule has 1 saturated heterocycles. The first-order valence-corrected chi connectivity index (χ1v) is 5.29. The van der Waals surface area contributed by atoms with E-state index in [4.69, 9.17) is 4.74 Å². The van der Waals surface area contributed by atoms with E-state index in [-0.39, 0.29) is 5.82 Å². The molecule has 1 aromatic carbocycles. The molecule has 0 radical (unpaired) electrons. The Morgan fingerprint density at radius 1 is 1.47 bits per heavy atom. The van der Waals surface area contributed by atoms with Crippen molar-refractivity contribution in [2.24, 2.45) is 0 Å². The molecule has 82 valence electrons. The standard InChI is InChI=1S/C12H16FNO/c1-8-10(5-6-14-8)9-3-4-12(15-2)11(13)7-9/h3-4,7-8,10,14H,5-6H2,1-2H3. The summed E-state index contributed by atoms with van der Waals surface area (Å²) in [6.07, 6.45) is 1.08. The van der Waals surface area contributed by atoms with Gasteiger partial charge >= 0.3 is 0 Å². The van der Waals surface area contributed by atoms with E-state index in [9.17, 15) is 4.39 Å². The maximum Gasteiger partial charge on any atom is 0.165 e. The van der Waals surface area contributed by atoms with Crippen LogP contribution in [-0.2, 0) is 0 Å². The zero-order valence-corrected chi connectivity index (χ0v) is 9.09. The third-order valence-electron chi connectivity index (χ3n) is 3.13. The summed E-state index contributed by atoms with van der Waals surface area (Å²) >= 11 is 0. The molecule has 2 unspecified atom stereocenters. The van der Waals surface area contributed by atoms with E-state index in [0.717, 1.165) is 18.5 Å². The van der Waals surface area contributed by atoms with Gasteiger partial charge in [-0.15, -0.1) is 0 Å². The monoisotopic (exact) mass is 209 g/mol. The molecular formula is C12H16FNO. The van der Waals surface area contributed by atoms with Crippen LogP contribution in [0.15, 0.2) is 18.2 Å². The van der Waals surface area contributed by atoms with Crippen molar-refractivity contribution in [2.75, 3.05) is 13.7 Å². The van der Waals surface area contributed by atoms with Crippen molar-refractivity contribution in [3.8, 4) is 5.75 Å². The van der Waals surface area contributed by atoms with Crippen LogP contribution in [0, 0.1) is 5.82 Å². The summed E-state index contributed by atoms with van der Waals surface area (Å²) in [5.41, 5.74) is 1.06. The van der Waals surface area contributed by atoms with Gasteiger partial charge in [0.05, 0.1) is 7.11 Å². The Labute approximate surface area is 89.4 Å². The lowest BCUT2D eigenvalue weighted by Crippen LogP contribution is -2.21. The molecule has 0 bridgehead atoms. The van der Waals surface area contributed by atoms with Crippen LogP contribution >= 0.6 is 0 Å². The second-order valence-electron chi connectivity index (χ2n) is 4.03. The fourth-order valence-electron chi connectivity index (χ4n) is 2.23. The molecule has 1 aliphatic heterocycles. The smallest absolute Gasteiger partial charge is 0.165 e. The second-order valence-corrected chi connectivity index (χ2v) is 4.03. The lowest BCUT2D eigenvalue weighted by molar-refractivity contribution is 0.385. The van der Waals surface area contributed by atoms with Crippen molar-refractivity contribution in [2.45, 2.75) is 25.3 Å². The van der Waals surface area contributed by atoms with E-state index in [1.165, 1.54) is 7.11 Å². The van der Waals surface area contributed by atoms with Crippen molar-refractivity contribution in [1.29, 1.82) is 0 Å². The van der Waals surface area contributed by atoms with Crippen molar-refractivity contribution in [3.05, 3.63) is 29.6 Å². The Morgan fingerprint density at radius 2 is 2.27 bits per heavy atom. The lowest BCUT2D eigenvalue weighted by Gasteiger charge is -2.16. The number of rotatable bonds is 2. The Kier molecular flexibility index (Phi) is 2.91. The molecule has 2 rings (SSSR count). The summed E-state index contributed by atoms with van der Waals surface area (Å²) < 4.78 is 18.4. The van der Waals surface area contributed by atoms with Gasteiger partial charge < -0.3 is 10.1 Å². The zero-order chi connectivity index (χ0) is 10.8. The molecule has 3 heteroatoms. The second kappa shape index (κ2) is 4.19. The van der Waals surface area contributed by atoms with Gasteiger partial charge in [0.15, 0.2) is 11.6 Å². The quantitative estimate of drug-likeness (QED) is 0.807. The molecular weight excluding hydrogens is 193 g/mol. The van der Waals surface area contributed by atoms with Gasteiger partial charge in [0, 0.05) is 12.0 Å². The van der Waals surface area contributed by atoms with Crippen LogP contribution in [0.25, 0.3) is 0 Å². The van der Waals surface area contributed by atoms with Crippen LogP contribution in [0.3, 0.4) is 0 Å². The molecule has 1 heterocycles. The van der Waals surface area contributed by atoms with Crippen LogP contribution in [-0.4, -0.2) is 19.7 Å². The number of halogens is 1. The van der Waals surface area contributed by atoms with Crippen molar-refractivity contribution >= 4 is 0 Å². The van der Waals surface area contributed by atoms with Gasteiger partial charge in [-0.1, -0.05) is 6.07 Å². The fraction of sp³-hybridized carbons (Fsp3) is 0.500. The summed E-state index contributed by atoms with van der Waals surface area (Å²) in [7, 11) is 1.48. The van der Waals surface area contributed by atoms with Crippen LogP contribution in [0.1, 0.15) is 24.8 Å². The normalized spacial score (nSPS) is 25.5. The minimum absolute atomic E-state index is 0.269.